The van der Waals surface area contributed by atoms with E-state index in [-0.39, 0.29) is 17.1 Å². The highest BCUT2D eigenvalue weighted by Gasteiger charge is 2.34. The Kier molecular flexibility index (Phi) is 5.24. The summed E-state index contributed by atoms with van der Waals surface area (Å²) in [7, 11) is 0. The van der Waals surface area contributed by atoms with Gasteiger partial charge < -0.3 is 0 Å². The lowest BCUT2D eigenvalue weighted by Gasteiger charge is -2.32. The average Bonchev–Trinajstić information content (AvgIpc) is 3.12. The number of rotatable bonds is 4. The molecule has 0 radical (unpaired) electrons. The van der Waals surface area contributed by atoms with Gasteiger partial charge in [-0.1, -0.05) is 58.9 Å². The summed E-state index contributed by atoms with van der Waals surface area (Å²) in [4.78, 5) is 26.0. The molecule has 1 aromatic carbocycles. The molecule has 7 heteroatoms. The summed E-state index contributed by atoms with van der Waals surface area (Å²) in [6.07, 6.45) is 2.17. The molecule has 0 bridgehead atoms. The standard InChI is InChI=1S/C20H24N4O2S/c1-6-15(25)18-17(13-8-10-14(11-9-13)20(3,4)5)24(16(26)7-2)23-12-21-22-19(23)27-18/h8-12H,6-7H2,1-5H3. The molecular weight excluding hydrogens is 360 g/mol. The lowest BCUT2D eigenvalue weighted by molar-refractivity contribution is -0.119. The Bertz CT molecular complexity index is 907. The minimum atomic E-state index is -0.118. The Labute approximate surface area is 163 Å². The molecule has 0 saturated carbocycles. The van der Waals surface area contributed by atoms with E-state index in [1.165, 1.54) is 28.7 Å². The van der Waals surface area contributed by atoms with Gasteiger partial charge in [0.2, 0.25) is 11.1 Å². The second-order valence-corrected chi connectivity index (χ2v) is 8.38. The van der Waals surface area contributed by atoms with Crippen LogP contribution < -0.4 is 5.01 Å². The van der Waals surface area contributed by atoms with Gasteiger partial charge in [-0.05, 0) is 22.7 Å². The summed E-state index contributed by atoms with van der Waals surface area (Å²) in [6.45, 7) is 10.1. The molecule has 1 aliphatic rings. The summed E-state index contributed by atoms with van der Waals surface area (Å²) in [5.74, 6) is -0.134. The SMILES string of the molecule is CCC(=O)C1=C(c2ccc(C(C)(C)C)cc2)N(C(=O)CC)n2cnnc2S1. The molecule has 0 atom stereocenters. The second-order valence-electron chi connectivity index (χ2n) is 7.40. The van der Waals surface area contributed by atoms with Crippen LogP contribution >= 0.6 is 11.8 Å². The molecule has 0 N–H and O–H groups in total. The van der Waals surface area contributed by atoms with Crippen LogP contribution in [0.4, 0.5) is 0 Å². The molecule has 0 saturated heterocycles. The fraction of sp³-hybridized carbons (Fsp3) is 0.400. The minimum Gasteiger partial charge on any atom is -0.294 e. The second kappa shape index (κ2) is 7.31. The molecule has 2 aromatic rings. The van der Waals surface area contributed by atoms with Crippen molar-refractivity contribution in [3.05, 3.63) is 46.6 Å². The van der Waals surface area contributed by atoms with E-state index in [0.29, 0.717) is 28.6 Å². The van der Waals surface area contributed by atoms with E-state index in [2.05, 4.69) is 43.1 Å². The van der Waals surface area contributed by atoms with Gasteiger partial charge >= 0.3 is 0 Å². The van der Waals surface area contributed by atoms with E-state index in [4.69, 9.17) is 0 Å². The predicted octanol–water partition coefficient (Wildman–Crippen LogP) is 3.90. The monoisotopic (exact) mass is 384 g/mol. The van der Waals surface area contributed by atoms with E-state index in [9.17, 15) is 9.59 Å². The van der Waals surface area contributed by atoms with Crippen LogP contribution in [0, 0.1) is 0 Å². The average molecular weight is 385 g/mol. The third-order valence-electron chi connectivity index (χ3n) is 4.47. The number of ketones is 1. The van der Waals surface area contributed by atoms with Gasteiger partial charge in [-0.3, -0.25) is 9.59 Å². The van der Waals surface area contributed by atoms with Crippen molar-refractivity contribution in [1.82, 2.24) is 14.9 Å². The number of benzene rings is 1. The molecule has 1 aromatic heterocycles. The maximum absolute atomic E-state index is 12.8. The fourth-order valence-electron chi connectivity index (χ4n) is 2.89. The molecule has 3 rings (SSSR count). The van der Waals surface area contributed by atoms with Crippen LogP contribution in [0.15, 0.2) is 40.7 Å². The van der Waals surface area contributed by atoms with Gasteiger partial charge in [0.15, 0.2) is 5.78 Å². The van der Waals surface area contributed by atoms with Crippen molar-refractivity contribution in [3.63, 3.8) is 0 Å². The minimum absolute atomic E-state index is 0.0157. The smallest absolute Gasteiger partial charge is 0.246 e. The van der Waals surface area contributed by atoms with Crippen molar-refractivity contribution < 1.29 is 9.59 Å². The first-order chi connectivity index (χ1) is 12.8. The Balaban J connectivity index is 2.20. The Hall–Kier alpha value is -2.41. The van der Waals surface area contributed by atoms with Crippen LogP contribution in [0.1, 0.15) is 58.6 Å². The van der Waals surface area contributed by atoms with Crippen LogP contribution in [0.2, 0.25) is 0 Å². The van der Waals surface area contributed by atoms with Crippen LogP contribution in [0.5, 0.6) is 0 Å². The summed E-state index contributed by atoms with van der Waals surface area (Å²) in [6, 6.07) is 8.06. The normalized spacial score (nSPS) is 14.3. The first kappa shape index (κ1) is 19.4. The van der Waals surface area contributed by atoms with Gasteiger partial charge in [-0.25, -0.2) is 9.69 Å². The van der Waals surface area contributed by atoms with E-state index >= 15 is 0 Å². The molecule has 0 spiro atoms. The van der Waals surface area contributed by atoms with Gasteiger partial charge in [-0.15, -0.1) is 10.2 Å². The number of Topliss-reactive ketones (excluding diaryl/α,β-unsaturated/α-hetero) is 1. The number of fused-ring (bicyclic) bond motifs is 1. The number of amides is 1. The lowest BCUT2D eigenvalue weighted by Crippen LogP contribution is -2.41. The number of carbonyl (C=O) groups is 2. The van der Waals surface area contributed by atoms with Crippen molar-refractivity contribution in [3.8, 4) is 0 Å². The summed E-state index contributed by atoms with van der Waals surface area (Å²) in [5.41, 5.74) is 2.65. The number of hydrogen-bond donors (Lipinski definition) is 0. The zero-order valence-corrected chi connectivity index (χ0v) is 17.1. The van der Waals surface area contributed by atoms with E-state index in [0.717, 1.165) is 5.56 Å². The van der Waals surface area contributed by atoms with Crippen LogP contribution in [0.3, 0.4) is 0 Å². The largest absolute Gasteiger partial charge is 0.294 e. The Morgan fingerprint density at radius 1 is 1.07 bits per heavy atom. The molecule has 27 heavy (non-hydrogen) atoms. The number of thioether (sulfide) groups is 1. The van der Waals surface area contributed by atoms with Crippen LogP contribution in [-0.4, -0.2) is 26.6 Å². The summed E-state index contributed by atoms with van der Waals surface area (Å²) in [5, 5.41) is 10.0. The highest BCUT2D eigenvalue weighted by molar-refractivity contribution is 8.04. The first-order valence-corrected chi connectivity index (χ1v) is 9.89. The summed E-state index contributed by atoms with van der Waals surface area (Å²) >= 11 is 1.27. The molecule has 0 unspecified atom stereocenters. The highest BCUT2D eigenvalue weighted by Crippen LogP contribution is 2.40. The fourth-order valence-corrected chi connectivity index (χ4v) is 3.94. The molecule has 6 nitrogen and oxygen atoms in total. The van der Waals surface area contributed by atoms with Gasteiger partial charge in [0.05, 0.1) is 10.6 Å². The van der Waals surface area contributed by atoms with Crippen molar-refractivity contribution in [2.24, 2.45) is 0 Å². The molecule has 0 aliphatic carbocycles. The number of allylic oxidation sites excluding steroid dienone is 1. The number of hydrogen-bond acceptors (Lipinski definition) is 5. The lowest BCUT2D eigenvalue weighted by atomic mass is 9.86. The first-order valence-electron chi connectivity index (χ1n) is 9.07. The quantitative estimate of drug-likeness (QED) is 0.800. The molecule has 1 aliphatic heterocycles. The third-order valence-corrected chi connectivity index (χ3v) is 5.55. The molecule has 142 valence electrons. The van der Waals surface area contributed by atoms with Crippen LogP contribution in [-0.2, 0) is 15.0 Å². The van der Waals surface area contributed by atoms with Crippen molar-refractivity contribution >= 4 is 29.1 Å². The van der Waals surface area contributed by atoms with Gasteiger partial charge in [-0.2, -0.15) is 0 Å². The van der Waals surface area contributed by atoms with Gasteiger partial charge in [0.1, 0.15) is 6.33 Å². The van der Waals surface area contributed by atoms with E-state index < -0.39 is 0 Å². The maximum Gasteiger partial charge on any atom is 0.246 e. The van der Waals surface area contributed by atoms with Crippen LogP contribution in [0.25, 0.3) is 5.70 Å². The van der Waals surface area contributed by atoms with Crippen molar-refractivity contribution in [1.29, 1.82) is 0 Å². The number of nitrogens with zero attached hydrogens (tertiary/aromatic N) is 4. The van der Waals surface area contributed by atoms with E-state index in [1.807, 2.05) is 19.1 Å². The van der Waals surface area contributed by atoms with Gasteiger partial charge in [0, 0.05) is 18.4 Å². The molecule has 0 fully saturated rings. The summed E-state index contributed by atoms with van der Waals surface area (Å²) < 4.78 is 1.62. The molecule has 2 heterocycles. The predicted molar refractivity (Wildman–Crippen MR) is 107 cm³/mol. The number of carbonyl (C=O) groups excluding carboxylic acids is 2. The number of aromatic nitrogens is 3. The topological polar surface area (TPSA) is 68.1 Å². The Morgan fingerprint density at radius 3 is 2.30 bits per heavy atom. The van der Waals surface area contributed by atoms with Gasteiger partial charge in [0.25, 0.3) is 0 Å². The maximum atomic E-state index is 12.8. The van der Waals surface area contributed by atoms with E-state index in [1.54, 1.807) is 11.6 Å². The zero-order chi connectivity index (χ0) is 19.8. The molecular formula is C20H24N4O2S. The van der Waals surface area contributed by atoms with Crippen molar-refractivity contribution in [2.75, 3.05) is 5.01 Å². The Morgan fingerprint density at radius 2 is 1.74 bits per heavy atom. The van der Waals surface area contributed by atoms with Crippen molar-refractivity contribution in [2.45, 2.75) is 58.0 Å². The third kappa shape index (κ3) is 3.56. The highest BCUT2D eigenvalue weighted by atomic mass is 32.2. The molecule has 1 amide bonds. The zero-order valence-electron chi connectivity index (χ0n) is 16.3.